The van der Waals surface area contributed by atoms with E-state index < -0.39 is 10.8 Å². The highest BCUT2D eigenvalue weighted by Crippen LogP contribution is 2.39. The van der Waals surface area contributed by atoms with Gasteiger partial charge in [-0.3, -0.25) is 9.59 Å². The van der Waals surface area contributed by atoms with E-state index in [1.54, 1.807) is 48.5 Å². The van der Waals surface area contributed by atoms with Crippen LogP contribution in [0.25, 0.3) is 0 Å². The van der Waals surface area contributed by atoms with E-state index in [9.17, 15) is 30.0 Å². The number of phenolic OH excluding ortho intramolecular Hbond substituents is 4. The highest BCUT2D eigenvalue weighted by atomic mass is 16.3. The van der Waals surface area contributed by atoms with Gasteiger partial charge in [0.2, 0.25) is 11.8 Å². The van der Waals surface area contributed by atoms with Crippen molar-refractivity contribution in [1.82, 2.24) is 10.6 Å². The zero-order chi connectivity index (χ0) is 34.6. The van der Waals surface area contributed by atoms with Crippen molar-refractivity contribution in [2.45, 2.75) is 76.0 Å². The van der Waals surface area contributed by atoms with Gasteiger partial charge in [-0.2, -0.15) is 0 Å². The van der Waals surface area contributed by atoms with Gasteiger partial charge in [0.15, 0.2) is 0 Å². The van der Waals surface area contributed by atoms with Gasteiger partial charge in [0.1, 0.15) is 23.0 Å². The fourth-order valence-corrected chi connectivity index (χ4v) is 6.19. The van der Waals surface area contributed by atoms with Gasteiger partial charge in [0.25, 0.3) is 0 Å². The van der Waals surface area contributed by atoms with Crippen LogP contribution in [0.15, 0.2) is 97.1 Å². The van der Waals surface area contributed by atoms with Crippen LogP contribution in [-0.2, 0) is 20.4 Å². The minimum Gasteiger partial charge on any atom is -0.508 e. The van der Waals surface area contributed by atoms with Crippen LogP contribution in [0.2, 0.25) is 0 Å². The molecular weight excluding hydrogens is 604 g/mol. The molecule has 254 valence electrons. The topological polar surface area (TPSA) is 139 Å². The number of hydrogen-bond donors (Lipinski definition) is 6. The van der Waals surface area contributed by atoms with Crippen LogP contribution in [0.4, 0.5) is 0 Å². The van der Waals surface area contributed by atoms with Gasteiger partial charge in [0, 0.05) is 36.8 Å². The van der Waals surface area contributed by atoms with Crippen LogP contribution in [0, 0.1) is 0 Å². The molecule has 0 radical (unpaired) electrons. The van der Waals surface area contributed by atoms with Gasteiger partial charge in [0.05, 0.1) is 0 Å². The molecule has 0 aliphatic carbocycles. The lowest BCUT2D eigenvalue weighted by atomic mass is 9.73. The second-order valence-corrected chi connectivity index (χ2v) is 13.0. The number of carbonyl (C=O) groups is 2. The van der Waals surface area contributed by atoms with E-state index >= 15 is 0 Å². The predicted molar refractivity (Wildman–Crippen MR) is 188 cm³/mol. The number of carbonyl (C=O) groups excluding carboxylic acids is 2. The summed E-state index contributed by atoms with van der Waals surface area (Å²) in [7, 11) is 0. The molecule has 0 saturated heterocycles. The molecule has 0 spiro atoms. The first-order valence-electron chi connectivity index (χ1n) is 16.7. The number of aromatic hydroxyl groups is 4. The second-order valence-electron chi connectivity index (χ2n) is 13.0. The monoisotopic (exact) mass is 652 g/mol. The maximum absolute atomic E-state index is 12.8. The van der Waals surface area contributed by atoms with E-state index in [0.29, 0.717) is 38.8 Å². The summed E-state index contributed by atoms with van der Waals surface area (Å²) in [6.07, 6.45) is 5.39. The third-order valence-electron chi connectivity index (χ3n) is 9.47. The van der Waals surface area contributed by atoms with Gasteiger partial charge < -0.3 is 31.1 Å². The fraction of sp³-hybridized carbons (Fsp3) is 0.350. The van der Waals surface area contributed by atoms with Crippen LogP contribution < -0.4 is 10.6 Å². The van der Waals surface area contributed by atoms with E-state index in [-0.39, 0.29) is 34.8 Å². The maximum atomic E-state index is 12.8. The first kappa shape index (κ1) is 35.9. The zero-order valence-electron chi connectivity index (χ0n) is 27.9. The Balaban J connectivity index is 1.15. The molecule has 0 saturated carbocycles. The third kappa shape index (κ3) is 9.77. The Morgan fingerprint density at radius 3 is 0.958 bits per heavy atom. The Morgan fingerprint density at radius 2 is 0.708 bits per heavy atom. The highest BCUT2D eigenvalue weighted by molar-refractivity contribution is 5.76. The van der Waals surface area contributed by atoms with Crippen molar-refractivity contribution in [2.75, 3.05) is 13.1 Å². The molecule has 8 nitrogen and oxygen atoms in total. The van der Waals surface area contributed by atoms with Gasteiger partial charge in [-0.15, -0.1) is 0 Å². The standard InChI is InChI=1S/C40H48N2O6/c1-39(29-7-15-33(43)16-8-29,30-9-17-34(44)18-10-30)25-23-37(47)41-27-5-3-4-6-28-42-38(48)24-26-40(2,31-11-19-35(45)20-12-31)32-13-21-36(46)22-14-32/h7-22,43-46H,3-6,23-28H2,1-2H3,(H,41,47)(H,42,48). The maximum Gasteiger partial charge on any atom is 0.220 e. The van der Waals surface area contributed by atoms with E-state index in [4.69, 9.17) is 0 Å². The molecule has 0 aliphatic heterocycles. The SMILES string of the molecule is CC(CCC(=O)NCCCCCCNC(=O)CCC(C)(c1ccc(O)cc1)c1ccc(O)cc1)(c1ccc(O)cc1)c1ccc(O)cc1. The van der Waals surface area contributed by atoms with Crippen LogP contribution >= 0.6 is 0 Å². The van der Waals surface area contributed by atoms with E-state index in [1.165, 1.54) is 0 Å². The molecule has 0 bridgehead atoms. The average Bonchev–Trinajstić information content (AvgIpc) is 3.08. The molecule has 0 atom stereocenters. The third-order valence-corrected chi connectivity index (χ3v) is 9.47. The summed E-state index contributed by atoms with van der Waals surface area (Å²) >= 11 is 0. The molecule has 6 N–H and O–H groups in total. The Bertz CT molecular complexity index is 1390. The number of hydrogen-bond acceptors (Lipinski definition) is 6. The minimum atomic E-state index is -0.473. The highest BCUT2D eigenvalue weighted by Gasteiger charge is 2.31. The van der Waals surface area contributed by atoms with Crippen molar-refractivity contribution >= 4 is 11.8 Å². The average molecular weight is 653 g/mol. The van der Waals surface area contributed by atoms with E-state index in [2.05, 4.69) is 24.5 Å². The first-order valence-corrected chi connectivity index (χ1v) is 16.7. The number of amides is 2. The number of phenols is 4. The smallest absolute Gasteiger partial charge is 0.220 e. The molecule has 4 aromatic carbocycles. The number of unbranched alkanes of at least 4 members (excludes halogenated alkanes) is 3. The van der Waals surface area contributed by atoms with E-state index in [0.717, 1.165) is 47.9 Å². The van der Waals surface area contributed by atoms with Crippen LogP contribution in [0.3, 0.4) is 0 Å². The molecule has 0 aliphatic rings. The van der Waals surface area contributed by atoms with Crippen molar-refractivity contribution < 1.29 is 30.0 Å². The Hall–Kier alpha value is -4.98. The Kier molecular flexibility index (Phi) is 12.5. The van der Waals surface area contributed by atoms with Crippen molar-refractivity contribution in [3.63, 3.8) is 0 Å². The lowest BCUT2D eigenvalue weighted by molar-refractivity contribution is -0.122. The molecule has 8 heteroatoms. The first-order chi connectivity index (χ1) is 23.0. The summed E-state index contributed by atoms with van der Waals surface area (Å²) in [6, 6.07) is 28.1. The fourth-order valence-electron chi connectivity index (χ4n) is 6.19. The molecule has 0 fully saturated rings. The van der Waals surface area contributed by atoms with Crippen molar-refractivity contribution in [3.05, 3.63) is 119 Å². The van der Waals surface area contributed by atoms with Crippen molar-refractivity contribution in [3.8, 4) is 23.0 Å². The molecule has 0 unspecified atom stereocenters. The van der Waals surface area contributed by atoms with Gasteiger partial charge in [-0.25, -0.2) is 0 Å². The van der Waals surface area contributed by atoms with Crippen molar-refractivity contribution in [1.29, 1.82) is 0 Å². The zero-order valence-corrected chi connectivity index (χ0v) is 27.9. The largest absolute Gasteiger partial charge is 0.508 e. The van der Waals surface area contributed by atoms with Crippen LogP contribution in [0.1, 0.15) is 87.5 Å². The summed E-state index contributed by atoms with van der Waals surface area (Å²) in [5, 5.41) is 45.1. The number of nitrogens with one attached hydrogen (secondary N) is 2. The number of rotatable bonds is 17. The normalized spacial score (nSPS) is 11.6. The quantitative estimate of drug-likeness (QED) is 0.0669. The van der Waals surface area contributed by atoms with Gasteiger partial charge in [-0.05, 0) is 96.5 Å². The predicted octanol–water partition coefficient (Wildman–Crippen LogP) is 7.17. The van der Waals surface area contributed by atoms with Crippen LogP contribution in [0.5, 0.6) is 23.0 Å². The molecule has 48 heavy (non-hydrogen) atoms. The summed E-state index contributed by atoms with van der Waals surface area (Å²) in [5.41, 5.74) is 2.98. The molecule has 2 amide bonds. The molecular formula is C40H48N2O6. The van der Waals surface area contributed by atoms with E-state index in [1.807, 2.05) is 48.5 Å². The lowest BCUT2D eigenvalue weighted by Gasteiger charge is -2.31. The summed E-state index contributed by atoms with van der Waals surface area (Å²) in [5.74, 6) is 0.703. The Labute approximate surface area is 283 Å². The minimum absolute atomic E-state index is 0.0161. The van der Waals surface area contributed by atoms with Crippen LogP contribution in [-0.4, -0.2) is 45.3 Å². The molecule has 0 heterocycles. The molecule has 4 aromatic rings. The van der Waals surface area contributed by atoms with Gasteiger partial charge >= 0.3 is 0 Å². The lowest BCUT2D eigenvalue weighted by Crippen LogP contribution is -2.30. The second kappa shape index (κ2) is 16.7. The van der Waals surface area contributed by atoms with Crippen molar-refractivity contribution in [2.24, 2.45) is 0 Å². The van der Waals surface area contributed by atoms with Gasteiger partial charge in [-0.1, -0.05) is 75.2 Å². The molecule has 0 aromatic heterocycles. The number of benzene rings is 4. The Morgan fingerprint density at radius 1 is 0.458 bits per heavy atom. The summed E-state index contributed by atoms with van der Waals surface area (Å²) in [6.45, 7) is 5.32. The summed E-state index contributed by atoms with van der Waals surface area (Å²) in [4.78, 5) is 25.5. The summed E-state index contributed by atoms with van der Waals surface area (Å²) < 4.78 is 0. The molecule has 4 rings (SSSR count).